The molecule has 2 aliphatic rings. The van der Waals surface area contributed by atoms with Crippen molar-refractivity contribution in [3.05, 3.63) is 0 Å². The Labute approximate surface area is 119 Å². The van der Waals surface area contributed by atoms with Gasteiger partial charge in [-0.15, -0.1) is 0 Å². The standard InChI is InChI=1S/C18H30O/c1-3-4-15-5-7-16(8-6-15)9-10-17-11-13-18(19-2)14-12-17/h15-18H,3-8,11-14H2,1-2H3. The molecule has 19 heavy (non-hydrogen) atoms. The van der Waals surface area contributed by atoms with Crippen molar-refractivity contribution in [1.82, 2.24) is 0 Å². The molecule has 0 saturated heterocycles. The summed E-state index contributed by atoms with van der Waals surface area (Å²) < 4.78 is 5.42. The molecule has 2 aliphatic carbocycles. The highest BCUT2D eigenvalue weighted by Crippen LogP contribution is 2.31. The van der Waals surface area contributed by atoms with Crippen LogP contribution in [-0.2, 0) is 4.74 Å². The Morgan fingerprint density at radius 1 is 0.842 bits per heavy atom. The summed E-state index contributed by atoms with van der Waals surface area (Å²) in [6.45, 7) is 2.31. The summed E-state index contributed by atoms with van der Waals surface area (Å²) in [7, 11) is 1.84. The Bertz CT molecular complexity index is 295. The number of hydrogen-bond acceptors (Lipinski definition) is 1. The second kappa shape index (κ2) is 7.95. The normalized spacial score (nSPS) is 35.5. The number of methoxy groups -OCH3 is 1. The molecule has 0 spiro atoms. The van der Waals surface area contributed by atoms with E-state index in [-0.39, 0.29) is 0 Å². The highest BCUT2D eigenvalue weighted by Gasteiger charge is 2.21. The van der Waals surface area contributed by atoms with E-state index in [0.29, 0.717) is 17.9 Å². The Morgan fingerprint density at radius 2 is 1.37 bits per heavy atom. The SMILES string of the molecule is CCCC1CCC(C#CC2CCC(OC)CC2)CC1. The van der Waals surface area contributed by atoms with Crippen LogP contribution in [0.25, 0.3) is 0 Å². The van der Waals surface area contributed by atoms with Crippen molar-refractivity contribution in [3.8, 4) is 11.8 Å². The maximum Gasteiger partial charge on any atom is 0.0572 e. The van der Waals surface area contributed by atoms with Gasteiger partial charge in [-0.25, -0.2) is 0 Å². The summed E-state index contributed by atoms with van der Waals surface area (Å²) in [5, 5.41) is 0. The number of ether oxygens (including phenoxy) is 1. The molecule has 2 fully saturated rings. The first-order valence-electron chi connectivity index (χ1n) is 8.35. The summed E-state index contributed by atoms with van der Waals surface area (Å²) in [5.41, 5.74) is 0. The quantitative estimate of drug-likeness (QED) is 0.664. The zero-order valence-electron chi connectivity index (χ0n) is 12.8. The van der Waals surface area contributed by atoms with Crippen molar-refractivity contribution in [2.45, 2.75) is 77.2 Å². The van der Waals surface area contributed by atoms with Crippen molar-refractivity contribution in [2.24, 2.45) is 17.8 Å². The number of hydrogen-bond donors (Lipinski definition) is 0. The van der Waals surface area contributed by atoms with Crippen LogP contribution in [0.15, 0.2) is 0 Å². The smallest absolute Gasteiger partial charge is 0.0572 e. The fourth-order valence-corrected chi connectivity index (χ4v) is 3.68. The van der Waals surface area contributed by atoms with Gasteiger partial charge in [0, 0.05) is 18.9 Å². The van der Waals surface area contributed by atoms with Crippen LogP contribution < -0.4 is 0 Å². The summed E-state index contributed by atoms with van der Waals surface area (Å²) in [6.07, 6.45) is 13.7. The van der Waals surface area contributed by atoms with Crippen LogP contribution in [0.2, 0.25) is 0 Å². The van der Waals surface area contributed by atoms with E-state index in [0.717, 1.165) is 5.92 Å². The maximum absolute atomic E-state index is 5.42. The molecule has 0 heterocycles. The first kappa shape index (κ1) is 14.9. The van der Waals surface area contributed by atoms with E-state index in [1.165, 1.54) is 64.2 Å². The fourth-order valence-electron chi connectivity index (χ4n) is 3.68. The van der Waals surface area contributed by atoms with Gasteiger partial charge >= 0.3 is 0 Å². The molecule has 0 bridgehead atoms. The van der Waals surface area contributed by atoms with E-state index in [9.17, 15) is 0 Å². The molecule has 2 saturated carbocycles. The zero-order chi connectivity index (χ0) is 13.5. The minimum Gasteiger partial charge on any atom is -0.381 e. The first-order valence-corrected chi connectivity index (χ1v) is 8.35. The van der Waals surface area contributed by atoms with Crippen LogP contribution in [0.3, 0.4) is 0 Å². The molecule has 0 atom stereocenters. The second-order valence-electron chi connectivity index (χ2n) is 6.50. The summed E-state index contributed by atoms with van der Waals surface area (Å²) >= 11 is 0. The number of rotatable bonds is 3. The molecule has 0 amide bonds. The van der Waals surface area contributed by atoms with Gasteiger partial charge in [0.1, 0.15) is 0 Å². The van der Waals surface area contributed by atoms with Crippen molar-refractivity contribution in [2.75, 3.05) is 7.11 Å². The minimum absolute atomic E-state index is 0.502. The van der Waals surface area contributed by atoms with Crippen molar-refractivity contribution in [1.29, 1.82) is 0 Å². The molecular formula is C18H30O. The largest absolute Gasteiger partial charge is 0.381 e. The van der Waals surface area contributed by atoms with Gasteiger partial charge in [-0.3, -0.25) is 0 Å². The van der Waals surface area contributed by atoms with Crippen LogP contribution in [0.1, 0.15) is 71.1 Å². The third-order valence-electron chi connectivity index (χ3n) is 5.04. The molecule has 0 aliphatic heterocycles. The van der Waals surface area contributed by atoms with Gasteiger partial charge in [0.2, 0.25) is 0 Å². The van der Waals surface area contributed by atoms with Crippen molar-refractivity contribution >= 4 is 0 Å². The summed E-state index contributed by atoms with van der Waals surface area (Å²) in [6, 6.07) is 0. The molecule has 0 aromatic carbocycles. The van der Waals surface area contributed by atoms with E-state index in [1.807, 2.05) is 7.11 Å². The lowest BCUT2D eigenvalue weighted by Crippen LogP contribution is -2.19. The molecule has 2 rings (SSSR count). The topological polar surface area (TPSA) is 9.23 Å². The van der Waals surface area contributed by atoms with E-state index < -0.39 is 0 Å². The average Bonchev–Trinajstić information content (AvgIpc) is 2.47. The molecule has 0 unspecified atom stereocenters. The van der Waals surface area contributed by atoms with Gasteiger partial charge in [0.15, 0.2) is 0 Å². The van der Waals surface area contributed by atoms with Gasteiger partial charge in [-0.05, 0) is 57.3 Å². The van der Waals surface area contributed by atoms with E-state index in [2.05, 4.69) is 18.8 Å². The first-order chi connectivity index (χ1) is 9.31. The predicted octanol–water partition coefficient (Wildman–Crippen LogP) is 4.80. The van der Waals surface area contributed by atoms with Gasteiger partial charge in [0.25, 0.3) is 0 Å². The summed E-state index contributed by atoms with van der Waals surface area (Å²) in [4.78, 5) is 0. The molecule has 108 valence electrons. The third kappa shape index (κ3) is 4.84. The van der Waals surface area contributed by atoms with Gasteiger partial charge in [-0.2, -0.15) is 0 Å². The Balaban J connectivity index is 1.70. The van der Waals surface area contributed by atoms with Crippen LogP contribution in [0.5, 0.6) is 0 Å². The fraction of sp³-hybridized carbons (Fsp3) is 0.889. The molecule has 0 aromatic rings. The van der Waals surface area contributed by atoms with E-state index in [4.69, 9.17) is 4.74 Å². The molecule has 1 nitrogen and oxygen atoms in total. The van der Waals surface area contributed by atoms with Crippen LogP contribution in [-0.4, -0.2) is 13.2 Å². The minimum atomic E-state index is 0.502. The highest BCUT2D eigenvalue weighted by atomic mass is 16.5. The lowest BCUT2D eigenvalue weighted by Gasteiger charge is -2.26. The lowest BCUT2D eigenvalue weighted by molar-refractivity contribution is 0.0636. The molecule has 0 aromatic heterocycles. The Morgan fingerprint density at radius 3 is 1.84 bits per heavy atom. The van der Waals surface area contributed by atoms with E-state index in [1.54, 1.807) is 0 Å². The Hall–Kier alpha value is -0.480. The Kier molecular flexibility index (Phi) is 6.24. The lowest BCUT2D eigenvalue weighted by atomic mass is 9.80. The van der Waals surface area contributed by atoms with Crippen LogP contribution >= 0.6 is 0 Å². The van der Waals surface area contributed by atoms with E-state index >= 15 is 0 Å². The highest BCUT2D eigenvalue weighted by molar-refractivity contribution is 5.09. The predicted molar refractivity (Wildman–Crippen MR) is 80.9 cm³/mol. The second-order valence-corrected chi connectivity index (χ2v) is 6.50. The van der Waals surface area contributed by atoms with Crippen LogP contribution in [0.4, 0.5) is 0 Å². The van der Waals surface area contributed by atoms with Gasteiger partial charge < -0.3 is 4.74 Å². The summed E-state index contributed by atoms with van der Waals surface area (Å²) in [5.74, 6) is 9.53. The average molecular weight is 262 g/mol. The molecule has 0 N–H and O–H groups in total. The molecular weight excluding hydrogens is 232 g/mol. The third-order valence-corrected chi connectivity index (χ3v) is 5.04. The van der Waals surface area contributed by atoms with Crippen LogP contribution in [0, 0.1) is 29.6 Å². The zero-order valence-corrected chi connectivity index (χ0v) is 12.8. The van der Waals surface area contributed by atoms with Crippen molar-refractivity contribution < 1.29 is 4.74 Å². The molecule has 1 heteroatoms. The van der Waals surface area contributed by atoms with Gasteiger partial charge in [-0.1, -0.05) is 31.6 Å². The van der Waals surface area contributed by atoms with Gasteiger partial charge in [0.05, 0.1) is 6.10 Å². The van der Waals surface area contributed by atoms with Crippen molar-refractivity contribution in [3.63, 3.8) is 0 Å². The monoisotopic (exact) mass is 262 g/mol. The maximum atomic E-state index is 5.42. The molecule has 0 radical (unpaired) electrons.